The van der Waals surface area contributed by atoms with Gasteiger partial charge in [0.1, 0.15) is 5.75 Å². The lowest BCUT2D eigenvalue weighted by Crippen LogP contribution is -2.36. The Morgan fingerprint density at radius 1 is 1.07 bits per heavy atom. The van der Waals surface area contributed by atoms with Gasteiger partial charge in [0.15, 0.2) is 17.6 Å². The fourth-order valence-corrected chi connectivity index (χ4v) is 2.68. The maximum Gasteiger partial charge on any atom is 0.261 e. The minimum Gasteiger partial charge on any atom is -0.493 e. The van der Waals surface area contributed by atoms with Gasteiger partial charge in [-0.05, 0) is 62.1 Å². The first-order valence-electron chi connectivity index (χ1n) is 9.76. The molecule has 0 saturated heterocycles. The molecule has 2 aromatic rings. The average Bonchev–Trinajstić information content (AvgIpc) is 2.69. The molecule has 0 saturated carbocycles. The van der Waals surface area contributed by atoms with E-state index in [0.717, 1.165) is 41.0 Å². The topological polar surface area (TPSA) is 56.8 Å². The van der Waals surface area contributed by atoms with Crippen LogP contribution in [-0.2, 0) is 11.3 Å². The molecule has 0 bridgehead atoms. The van der Waals surface area contributed by atoms with Crippen LogP contribution in [0.5, 0.6) is 17.2 Å². The predicted octanol–water partition coefficient (Wildman–Crippen LogP) is 4.57. The molecule has 0 spiro atoms. The Balaban J connectivity index is 1.93. The smallest absolute Gasteiger partial charge is 0.261 e. The van der Waals surface area contributed by atoms with Crippen LogP contribution in [-0.4, -0.2) is 25.7 Å². The summed E-state index contributed by atoms with van der Waals surface area (Å²) in [5, 5.41) is 2.92. The molecule has 0 radical (unpaired) electrons. The summed E-state index contributed by atoms with van der Waals surface area (Å²) in [4.78, 5) is 12.4. The summed E-state index contributed by atoms with van der Waals surface area (Å²) < 4.78 is 17.0. The third kappa shape index (κ3) is 6.19. The van der Waals surface area contributed by atoms with Crippen molar-refractivity contribution in [1.82, 2.24) is 5.32 Å². The summed E-state index contributed by atoms with van der Waals surface area (Å²) in [5.74, 6) is 1.96. The Labute approximate surface area is 168 Å². The summed E-state index contributed by atoms with van der Waals surface area (Å²) in [6.45, 7) is 8.90. The number of hydrogen-bond donors (Lipinski definition) is 1. The summed E-state index contributed by atoms with van der Waals surface area (Å²) >= 11 is 0. The second kappa shape index (κ2) is 10.6. The third-order valence-electron chi connectivity index (χ3n) is 4.47. The highest BCUT2D eigenvalue weighted by molar-refractivity contribution is 5.80. The van der Waals surface area contributed by atoms with Crippen molar-refractivity contribution in [1.29, 1.82) is 0 Å². The van der Waals surface area contributed by atoms with Crippen LogP contribution in [0.3, 0.4) is 0 Å². The van der Waals surface area contributed by atoms with Gasteiger partial charge in [-0.15, -0.1) is 0 Å². The average molecular weight is 386 g/mol. The lowest BCUT2D eigenvalue weighted by molar-refractivity contribution is -0.127. The molecule has 1 atom stereocenters. The van der Waals surface area contributed by atoms with E-state index in [1.165, 1.54) is 0 Å². The first-order chi connectivity index (χ1) is 13.4. The normalized spacial score (nSPS) is 11.6. The van der Waals surface area contributed by atoms with Crippen molar-refractivity contribution >= 4 is 5.91 Å². The van der Waals surface area contributed by atoms with Gasteiger partial charge in [0.05, 0.1) is 13.7 Å². The number of aryl methyl sites for hydroxylation is 2. The van der Waals surface area contributed by atoms with Crippen molar-refractivity contribution in [2.24, 2.45) is 0 Å². The second-order valence-electron chi connectivity index (χ2n) is 6.93. The molecule has 0 fully saturated rings. The van der Waals surface area contributed by atoms with Crippen molar-refractivity contribution in [3.8, 4) is 17.2 Å². The van der Waals surface area contributed by atoms with Gasteiger partial charge in [0, 0.05) is 6.54 Å². The van der Waals surface area contributed by atoms with Gasteiger partial charge in [0.25, 0.3) is 5.91 Å². The lowest BCUT2D eigenvalue weighted by Gasteiger charge is -2.17. The van der Waals surface area contributed by atoms with Crippen LogP contribution in [0.15, 0.2) is 36.4 Å². The second-order valence-corrected chi connectivity index (χ2v) is 6.93. The Morgan fingerprint density at radius 2 is 1.86 bits per heavy atom. The van der Waals surface area contributed by atoms with E-state index in [1.807, 2.05) is 50.2 Å². The minimum atomic E-state index is -0.584. The number of benzene rings is 2. The van der Waals surface area contributed by atoms with Gasteiger partial charge in [-0.2, -0.15) is 0 Å². The van der Waals surface area contributed by atoms with Crippen LogP contribution >= 0.6 is 0 Å². The van der Waals surface area contributed by atoms with Gasteiger partial charge in [-0.1, -0.05) is 31.5 Å². The van der Waals surface area contributed by atoms with Crippen molar-refractivity contribution in [2.75, 3.05) is 13.7 Å². The van der Waals surface area contributed by atoms with Crippen LogP contribution in [0.2, 0.25) is 0 Å². The molecule has 0 aromatic heterocycles. The molecule has 1 N–H and O–H groups in total. The Bertz CT molecular complexity index is 788. The first-order valence-corrected chi connectivity index (χ1v) is 9.76. The summed E-state index contributed by atoms with van der Waals surface area (Å²) in [6, 6.07) is 11.7. The first kappa shape index (κ1) is 21.6. The van der Waals surface area contributed by atoms with Crippen molar-refractivity contribution < 1.29 is 19.0 Å². The molecule has 28 heavy (non-hydrogen) atoms. The molecule has 0 aliphatic rings. The SMILES string of the molecule is CCCCOc1ccc(CNC(=O)C(C)Oc2cc(C)ccc2C)cc1OC. The zero-order valence-corrected chi connectivity index (χ0v) is 17.5. The van der Waals surface area contributed by atoms with E-state index in [4.69, 9.17) is 14.2 Å². The van der Waals surface area contributed by atoms with E-state index < -0.39 is 6.10 Å². The van der Waals surface area contributed by atoms with E-state index in [0.29, 0.717) is 18.9 Å². The van der Waals surface area contributed by atoms with E-state index in [1.54, 1.807) is 14.0 Å². The highest BCUT2D eigenvalue weighted by atomic mass is 16.5. The maximum atomic E-state index is 12.4. The van der Waals surface area contributed by atoms with Crippen molar-refractivity contribution in [3.05, 3.63) is 53.1 Å². The highest BCUT2D eigenvalue weighted by Gasteiger charge is 2.16. The molecule has 1 amide bonds. The third-order valence-corrected chi connectivity index (χ3v) is 4.47. The van der Waals surface area contributed by atoms with E-state index in [2.05, 4.69) is 12.2 Å². The molecule has 0 aliphatic heterocycles. The van der Waals surface area contributed by atoms with Gasteiger partial charge >= 0.3 is 0 Å². The Hall–Kier alpha value is -2.69. The zero-order valence-electron chi connectivity index (χ0n) is 17.5. The maximum absolute atomic E-state index is 12.4. The fraction of sp³-hybridized carbons (Fsp3) is 0.435. The van der Waals surface area contributed by atoms with Crippen LogP contribution < -0.4 is 19.5 Å². The van der Waals surface area contributed by atoms with E-state index in [9.17, 15) is 4.79 Å². The Morgan fingerprint density at radius 3 is 2.57 bits per heavy atom. The molecule has 1 unspecified atom stereocenters. The molecule has 2 aromatic carbocycles. The molecule has 5 nitrogen and oxygen atoms in total. The van der Waals surface area contributed by atoms with Crippen LogP contribution in [0.1, 0.15) is 43.4 Å². The summed E-state index contributed by atoms with van der Waals surface area (Å²) in [6.07, 6.45) is 1.49. The van der Waals surface area contributed by atoms with Crippen molar-refractivity contribution in [3.63, 3.8) is 0 Å². The number of hydrogen-bond acceptors (Lipinski definition) is 4. The Kier molecular flexibility index (Phi) is 8.18. The van der Waals surface area contributed by atoms with E-state index in [-0.39, 0.29) is 5.91 Å². The molecule has 0 aliphatic carbocycles. The number of rotatable bonds is 10. The number of nitrogens with one attached hydrogen (secondary N) is 1. The zero-order chi connectivity index (χ0) is 20.5. The highest BCUT2D eigenvalue weighted by Crippen LogP contribution is 2.28. The van der Waals surface area contributed by atoms with E-state index >= 15 is 0 Å². The monoisotopic (exact) mass is 385 g/mol. The number of carbonyl (C=O) groups excluding carboxylic acids is 1. The van der Waals surface area contributed by atoms with Crippen molar-refractivity contribution in [2.45, 2.75) is 53.2 Å². The van der Waals surface area contributed by atoms with Crippen LogP contribution in [0.25, 0.3) is 0 Å². The lowest BCUT2D eigenvalue weighted by atomic mass is 10.1. The van der Waals surface area contributed by atoms with Crippen LogP contribution in [0, 0.1) is 13.8 Å². The van der Waals surface area contributed by atoms with Gasteiger partial charge in [-0.3, -0.25) is 4.79 Å². The fourth-order valence-electron chi connectivity index (χ4n) is 2.68. The molecule has 5 heteroatoms. The number of amides is 1. The molecule has 152 valence electrons. The minimum absolute atomic E-state index is 0.164. The number of carbonyl (C=O) groups is 1. The summed E-state index contributed by atoms with van der Waals surface area (Å²) in [5.41, 5.74) is 3.04. The molecule has 2 rings (SSSR count). The molecular formula is C23H31NO4. The van der Waals surface area contributed by atoms with Gasteiger partial charge in [0.2, 0.25) is 0 Å². The number of unbranched alkanes of at least 4 members (excludes halogenated alkanes) is 1. The standard InChI is InChI=1S/C23H31NO4/c1-6-7-12-27-20-11-10-19(14-22(20)26-5)15-24-23(25)18(4)28-21-13-16(2)8-9-17(21)3/h8-11,13-14,18H,6-7,12,15H2,1-5H3,(H,24,25). The quantitative estimate of drug-likeness (QED) is 0.609. The van der Waals surface area contributed by atoms with Gasteiger partial charge in [-0.25, -0.2) is 0 Å². The molecular weight excluding hydrogens is 354 g/mol. The predicted molar refractivity (Wildman–Crippen MR) is 111 cm³/mol. The molecule has 0 heterocycles. The largest absolute Gasteiger partial charge is 0.493 e. The number of ether oxygens (including phenoxy) is 3. The van der Waals surface area contributed by atoms with Gasteiger partial charge < -0.3 is 19.5 Å². The van der Waals surface area contributed by atoms with Crippen LogP contribution in [0.4, 0.5) is 0 Å². The summed E-state index contributed by atoms with van der Waals surface area (Å²) in [7, 11) is 1.62. The number of methoxy groups -OCH3 is 1.